The second-order valence-corrected chi connectivity index (χ2v) is 14.2. The standard InChI is InChI=1S/C35H46F2N4O5S/c1-4-9-30(10-5-2)47(45,46)23-32(40-34(43)27-13-8-14-39-20-27)35(44)41(21-25-12-7-11-24(6-3)15-25)22-33(42)31(38)18-26-16-28(36)19-29(37)17-26/h7-8,11-17,19-20,30-33,42H,4-6,9-10,18,21-23,38H2,1-3H3,(H,40,43)/t31-,32+,33+/m0/s1. The molecule has 0 radical (unpaired) electrons. The first-order valence-electron chi connectivity index (χ1n) is 16.0. The second-order valence-electron chi connectivity index (χ2n) is 11.9. The third-order valence-corrected chi connectivity index (χ3v) is 10.3. The van der Waals surface area contributed by atoms with Gasteiger partial charge in [-0.25, -0.2) is 17.2 Å². The zero-order valence-corrected chi connectivity index (χ0v) is 28.1. The molecule has 1 aromatic heterocycles. The lowest BCUT2D eigenvalue weighted by molar-refractivity contribution is -0.135. The summed E-state index contributed by atoms with van der Waals surface area (Å²) in [6, 6.07) is 11.0. The van der Waals surface area contributed by atoms with Crippen LogP contribution in [0.2, 0.25) is 0 Å². The van der Waals surface area contributed by atoms with E-state index in [0.717, 1.165) is 35.7 Å². The van der Waals surface area contributed by atoms with Crippen LogP contribution in [0.3, 0.4) is 0 Å². The van der Waals surface area contributed by atoms with Crippen molar-refractivity contribution >= 4 is 21.7 Å². The molecule has 4 N–H and O–H groups in total. The Morgan fingerprint density at radius 3 is 2.21 bits per heavy atom. The molecule has 12 heteroatoms. The average molecular weight is 673 g/mol. The topological polar surface area (TPSA) is 143 Å². The number of nitrogens with zero attached hydrogens (tertiary/aromatic N) is 2. The first kappa shape index (κ1) is 37.7. The Balaban J connectivity index is 1.98. The Hall–Kier alpha value is -3.74. The summed E-state index contributed by atoms with van der Waals surface area (Å²) in [6.07, 6.45) is 4.16. The van der Waals surface area contributed by atoms with E-state index in [0.29, 0.717) is 25.7 Å². The van der Waals surface area contributed by atoms with Crippen molar-refractivity contribution in [2.45, 2.75) is 89.3 Å². The van der Waals surface area contributed by atoms with Crippen molar-refractivity contribution in [3.63, 3.8) is 0 Å². The zero-order chi connectivity index (χ0) is 34.6. The molecular formula is C35H46F2N4O5S. The van der Waals surface area contributed by atoms with Crippen molar-refractivity contribution in [1.82, 2.24) is 15.2 Å². The Kier molecular flexibility index (Phi) is 14.4. The van der Waals surface area contributed by atoms with Crippen molar-refractivity contribution in [3.8, 4) is 0 Å². The molecule has 0 unspecified atom stereocenters. The average Bonchev–Trinajstić information content (AvgIpc) is 3.03. The fourth-order valence-electron chi connectivity index (χ4n) is 5.55. The van der Waals surface area contributed by atoms with Gasteiger partial charge in [0.2, 0.25) is 5.91 Å². The quantitative estimate of drug-likeness (QED) is 0.182. The first-order valence-corrected chi connectivity index (χ1v) is 17.8. The van der Waals surface area contributed by atoms with Gasteiger partial charge in [0.05, 0.1) is 22.7 Å². The summed E-state index contributed by atoms with van der Waals surface area (Å²) in [4.78, 5) is 32.9. The highest BCUT2D eigenvalue weighted by Crippen LogP contribution is 2.19. The maximum absolute atomic E-state index is 14.4. The van der Waals surface area contributed by atoms with Crippen LogP contribution in [0.5, 0.6) is 0 Å². The van der Waals surface area contributed by atoms with Crippen molar-refractivity contribution in [1.29, 1.82) is 0 Å². The van der Waals surface area contributed by atoms with Gasteiger partial charge in [-0.05, 0) is 66.6 Å². The van der Waals surface area contributed by atoms with Crippen LogP contribution in [0.15, 0.2) is 67.0 Å². The Morgan fingerprint density at radius 2 is 1.62 bits per heavy atom. The summed E-state index contributed by atoms with van der Waals surface area (Å²) in [7, 11) is -3.87. The minimum atomic E-state index is -3.87. The molecule has 256 valence electrons. The van der Waals surface area contributed by atoms with Gasteiger partial charge in [-0.15, -0.1) is 0 Å². The molecule has 0 aliphatic heterocycles. The molecule has 0 spiro atoms. The van der Waals surface area contributed by atoms with Crippen LogP contribution in [-0.4, -0.2) is 71.0 Å². The number of hydrogen-bond donors (Lipinski definition) is 3. The number of nitrogens with two attached hydrogens (primary N) is 1. The summed E-state index contributed by atoms with van der Waals surface area (Å²) in [5, 5.41) is 13.1. The Labute approximate surface area is 276 Å². The van der Waals surface area contributed by atoms with Crippen molar-refractivity contribution in [2.24, 2.45) is 5.73 Å². The lowest BCUT2D eigenvalue weighted by atomic mass is 10.0. The van der Waals surface area contributed by atoms with Gasteiger partial charge in [0.15, 0.2) is 9.84 Å². The molecule has 0 fully saturated rings. The number of aliphatic hydroxyl groups is 1. The number of carbonyl (C=O) groups is 2. The molecule has 0 saturated carbocycles. The van der Waals surface area contributed by atoms with E-state index in [1.165, 1.54) is 23.4 Å². The minimum absolute atomic E-state index is 0.0162. The monoisotopic (exact) mass is 672 g/mol. The molecule has 2 aromatic carbocycles. The SMILES string of the molecule is CCCC(CCC)S(=O)(=O)C[C@@H](NC(=O)c1cccnc1)C(=O)N(Cc1cccc(CC)c1)C[C@@H](O)[C@@H](N)Cc1cc(F)cc(F)c1. The first-order chi connectivity index (χ1) is 22.4. The number of halogens is 2. The molecule has 3 atom stereocenters. The molecule has 9 nitrogen and oxygen atoms in total. The number of aryl methyl sites for hydroxylation is 1. The predicted octanol–water partition coefficient (Wildman–Crippen LogP) is 4.36. The van der Waals surface area contributed by atoms with E-state index in [-0.39, 0.29) is 30.6 Å². The van der Waals surface area contributed by atoms with Crippen molar-refractivity contribution < 1.29 is 31.9 Å². The predicted molar refractivity (Wildman–Crippen MR) is 178 cm³/mol. The molecule has 3 rings (SSSR count). The Morgan fingerprint density at radius 1 is 0.957 bits per heavy atom. The molecule has 2 amide bonds. The van der Waals surface area contributed by atoms with Gasteiger partial charge < -0.3 is 21.1 Å². The molecule has 47 heavy (non-hydrogen) atoms. The highest BCUT2D eigenvalue weighted by Gasteiger charge is 2.35. The van der Waals surface area contributed by atoms with Crippen LogP contribution in [0, 0.1) is 11.6 Å². The van der Waals surface area contributed by atoms with Crippen LogP contribution in [-0.2, 0) is 34.0 Å². The summed E-state index contributed by atoms with van der Waals surface area (Å²) in [6.45, 7) is 5.41. The lowest BCUT2D eigenvalue weighted by Gasteiger charge is -2.32. The van der Waals surface area contributed by atoms with Crippen LogP contribution < -0.4 is 11.1 Å². The third-order valence-electron chi connectivity index (χ3n) is 8.04. The van der Waals surface area contributed by atoms with Gasteiger partial charge in [-0.2, -0.15) is 0 Å². The molecule has 1 heterocycles. The van der Waals surface area contributed by atoms with Gasteiger partial charge in [0.25, 0.3) is 5.91 Å². The van der Waals surface area contributed by atoms with E-state index in [4.69, 9.17) is 5.73 Å². The van der Waals surface area contributed by atoms with Crippen molar-refractivity contribution in [3.05, 3.63) is 101 Å². The smallest absolute Gasteiger partial charge is 0.253 e. The van der Waals surface area contributed by atoms with Crippen LogP contribution in [0.4, 0.5) is 8.78 Å². The molecule has 0 bridgehead atoms. The zero-order valence-electron chi connectivity index (χ0n) is 27.2. The van der Waals surface area contributed by atoms with E-state index in [9.17, 15) is 31.9 Å². The largest absolute Gasteiger partial charge is 0.390 e. The number of hydrogen-bond acceptors (Lipinski definition) is 7. The highest BCUT2D eigenvalue weighted by atomic mass is 32.2. The van der Waals surface area contributed by atoms with Gasteiger partial charge in [0, 0.05) is 37.6 Å². The van der Waals surface area contributed by atoms with Crippen LogP contribution in [0.25, 0.3) is 0 Å². The fraction of sp³-hybridized carbons (Fsp3) is 0.457. The van der Waals surface area contributed by atoms with E-state index < -0.39 is 62.5 Å². The van der Waals surface area contributed by atoms with Crippen LogP contribution in [0.1, 0.15) is 73.5 Å². The lowest BCUT2D eigenvalue weighted by Crippen LogP contribution is -2.55. The third kappa shape index (κ3) is 11.5. The number of benzene rings is 2. The molecule has 0 aliphatic rings. The van der Waals surface area contributed by atoms with Gasteiger partial charge in [0.1, 0.15) is 17.7 Å². The minimum Gasteiger partial charge on any atom is -0.390 e. The molecule has 0 saturated heterocycles. The van der Waals surface area contributed by atoms with E-state index in [1.807, 2.05) is 39.0 Å². The maximum Gasteiger partial charge on any atom is 0.253 e. The second kappa shape index (κ2) is 18.0. The normalized spacial score (nSPS) is 13.6. The number of nitrogens with one attached hydrogen (secondary N) is 1. The summed E-state index contributed by atoms with van der Waals surface area (Å²) >= 11 is 0. The Bertz CT molecular complexity index is 1550. The maximum atomic E-state index is 14.4. The summed E-state index contributed by atoms with van der Waals surface area (Å²) in [5.41, 5.74) is 8.38. The number of amides is 2. The van der Waals surface area contributed by atoms with Gasteiger partial charge in [-0.1, -0.05) is 57.9 Å². The van der Waals surface area contributed by atoms with Crippen molar-refractivity contribution in [2.75, 3.05) is 12.3 Å². The van der Waals surface area contributed by atoms with E-state index >= 15 is 0 Å². The molecule has 3 aromatic rings. The highest BCUT2D eigenvalue weighted by molar-refractivity contribution is 7.92. The fourth-order valence-corrected chi connectivity index (χ4v) is 7.70. The number of rotatable bonds is 18. The molecular weight excluding hydrogens is 626 g/mol. The number of carbonyl (C=O) groups excluding carboxylic acids is 2. The number of pyridine rings is 1. The number of sulfone groups is 1. The van der Waals surface area contributed by atoms with E-state index in [2.05, 4.69) is 10.3 Å². The van der Waals surface area contributed by atoms with Gasteiger partial charge in [-0.3, -0.25) is 14.6 Å². The molecule has 0 aliphatic carbocycles. The summed E-state index contributed by atoms with van der Waals surface area (Å²) < 4.78 is 55.1. The summed E-state index contributed by atoms with van der Waals surface area (Å²) in [5.74, 6) is -3.60. The number of aliphatic hydroxyl groups excluding tert-OH is 1. The van der Waals surface area contributed by atoms with E-state index in [1.54, 1.807) is 12.1 Å². The van der Waals surface area contributed by atoms with Crippen LogP contribution >= 0.6 is 0 Å². The van der Waals surface area contributed by atoms with Gasteiger partial charge >= 0.3 is 0 Å². The number of aromatic nitrogens is 1.